The summed E-state index contributed by atoms with van der Waals surface area (Å²) in [4.78, 5) is 0. The highest BCUT2D eigenvalue weighted by atomic mass is 16.3. The summed E-state index contributed by atoms with van der Waals surface area (Å²) in [6.07, 6.45) is 8.92. The maximum Gasteiger partial charge on any atom is 0.105 e. The van der Waals surface area contributed by atoms with Crippen molar-refractivity contribution < 1.29 is 10.2 Å². The molecular weight excluding hydrogens is 238 g/mol. The van der Waals surface area contributed by atoms with E-state index in [1.165, 1.54) is 24.8 Å². The second kappa shape index (κ2) is 6.87. The Balaban J connectivity index is 1.88. The molecule has 0 aromatic carbocycles. The molecule has 1 saturated carbocycles. The summed E-state index contributed by atoms with van der Waals surface area (Å²) in [7, 11) is 0. The fraction of sp³-hybridized carbons (Fsp3) is 0.875. The summed E-state index contributed by atoms with van der Waals surface area (Å²) in [5, 5.41) is 23.5. The summed E-state index contributed by atoms with van der Waals surface area (Å²) < 4.78 is 0. The van der Waals surface area contributed by atoms with Crippen LogP contribution >= 0.6 is 0 Å². The average Bonchev–Trinajstić information content (AvgIpc) is 2.39. The number of aliphatic hydroxyl groups is 2. The first-order chi connectivity index (χ1) is 9.10. The summed E-state index contributed by atoms with van der Waals surface area (Å²) in [5.41, 5.74) is 1.45. The summed E-state index contributed by atoms with van der Waals surface area (Å²) in [6, 6.07) is 0.0194. The van der Waals surface area contributed by atoms with Crippen molar-refractivity contribution in [2.45, 2.75) is 77.2 Å². The highest BCUT2D eigenvalue weighted by molar-refractivity contribution is 5.18. The Morgan fingerprint density at radius 1 is 1.42 bits per heavy atom. The molecule has 3 N–H and O–H groups in total. The highest BCUT2D eigenvalue weighted by Gasteiger charge is 2.32. The number of nitrogens with one attached hydrogen (secondary N) is 1. The van der Waals surface area contributed by atoms with Crippen molar-refractivity contribution in [2.75, 3.05) is 0 Å². The summed E-state index contributed by atoms with van der Waals surface area (Å²) >= 11 is 0. The van der Waals surface area contributed by atoms with E-state index in [1.807, 2.05) is 6.08 Å². The van der Waals surface area contributed by atoms with Gasteiger partial charge in [0.1, 0.15) is 6.23 Å². The first-order valence-corrected chi connectivity index (χ1v) is 7.93. The SMILES string of the molecule is CCC(C)CC(O)N[C@H]1CC2CCCCC2=CC1O. The minimum absolute atomic E-state index is 0.0194. The van der Waals surface area contributed by atoms with E-state index in [2.05, 4.69) is 19.2 Å². The van der Waals surface area contributed by atoms with Crippen molar-refractivity contribution in [3.63, 3.8) is 0 Å². The van der Waals surface area contributed by atoms with E-state index in [1.54, 1.807) is 0 Å². The van der Waals surface area contributed by atoms with E-state index in [9.17, 15) is 10.2 Å². The number of hydrogen-bond donors (Lipinski definition) is 3. The molecule has 0 saturated heterocycles. The standard InChI is InChI=1S/C16H29NO2/c1-3-11(2)8-16(19)17-14-9-12-6-4-5-7-13(12)10-15(14)18/h10-12,14-19H,3-9H2,1-2H3/t11?,12?,14-,15?,16?/m0/s1. The van der Waals surface area contributed by atoms with Gasteiger partial charge in [-0.25, -0.2) is 0 Å². The van der Waals surface area contributed by atoms with Crippen LogP contribution in [0.3, 0.4) is 0 Å². The summed E-state index contributed by atoms with van der Waals surface area (Å²) in [6.45, 7) is 4.30. The van der Waals surface area contributed by atoms with Gasteiger partial charge in [0, 0.05) is 6.04 Å². The molecule has 2 aliphatic carbocycles. The zero-order valence-electron chi connectivity index (χ0n) is 12.3. The van der Waals surface area contributed by atoms with Gasteiger partial charge in [-0.15, -0.1) is 0 Å². The van der Waals surface area contributed by atoms with Crippen LogP contribution < -0.4 is 5.32 Å². The molecule has 2 aliphatic rings. The minimum atomic E-state index is -0.492. The number of rotatable bonds is 5. The lowest BCUT2D eigenvalue weighted by molar-refractivity contribution is 0.0546. The van der Waals surface area contributed by atoms with E-state index in [0.29, 0.717) is 11.8 Å². The molecule has 5 atom stereocenters. The van der Waals surface area contributed by atoms with E-state index >= 15 is 0 Å². The third kappa shape index (κ3) is 4.04. The van der Waals surface area contributed by atoms with Crippen LogP contribution in [-0.4, -0.2) is 28.6 Å². The Morgan fingerprint density at radius 2 is 2.21 bits per heavy atom. The van der Waals surface area contributed by atoms with Crippen LogP contribution in [0.1, 0.15) is 58.8 Å². The molecule has 19 heavy (non-hydrogen) atoms. The van der Waals surface area contributed by atoms with Crippen LogP contribution in [0, 0.1) is 11.8 Å². The van der Waals surface area contributed by atoms with E-state index in [4.69, 9.17) is 0 Å². The largest absolute Gasteiger partial charge is 0.387 e. The Bertz CT molecular complexity index is 316. The van der Waals surface area contributed by atoms with Gasteiger partial charge in [0.05, 0.1) is 6.10 Å². The Kier molecular flexibility index (Phi) is 5.43. The third-order valence-electron chi connectivity index (χ3n) is 4.86. The van der Waals surface area contributed by atoms with Crippen LogP contribution in [-0.2, 0) is 0 Å². The third-order valence-corrected chi connectivity index (χ3v) is 4.86. The second-order valence-electron chi connectivity index (χ2n) is 6.45. The van der Waals surface area contributed by atoms with Crippen LogP contribution in [0.2, 0.25) is 0 Å². The molecule has 0 radical (unpaired) electrons. The summed E-state index contributed by atoms with van der Waals surface area (Å²) in [5.74, 6) is 1.15. The lowest BCUT2D eigenvalue weighted by Gasteiger charge is -2.37. The molecule has 1 fully saturated rings. The molecule has 4 unspecified atom stereocenters. The number of fused-ring (bicyclic) bond motifs is 1. The fourth-order valence-corrected chi connectivity index (χ4v) is 3.41. The van der Waals surface area contributed by atoms with Gasteiger partial charge in [-0.2, -0.15) is 0 Å². The van der Waals surface area contributed by atoms with Gasteiger partial charge in [-0.3, -0.25) is 5.32 Å². The highest BCUT2D eigenvalue weighted by Crippen LogP contribution is 2.36. The molecule has 0 aromatic rings. The second-order valence-corrected chi connectivity index (χ2v) is 6.45. The first kappa shape index (κ1) is 15.0. The molecule has 0 bridgehead atoms. The Morgan fingerprint density at radius 3 is 2.95 bits per heavy atom. The van der Waals surface area contributed by atoms with Gasteiger partial charge < -0.3 is 10.2 Å². The molecule has 0 spiro atoms. The van der Waals surface area contributed by atoms with Crippen LogP contribution in [0.15, 0.2) is 11.6 Å². The van der Waals surface area contributed by atoms with Crippen molar-refractivity contribution >= 4 is 0 Å². The maximum absolute atomic E-state index is 10.2. The predicted molar refractivity (Wildman–Crippen MR) is 77.7 cm³/mol. The Hall–Kier alpha value is -0.380. The van der Waals surface area contributed by atoms with Crippen molar-refractivity contribution in [3.05, 3.63) is 11.6 Å². The molecule has 3 heteroatoms. The Labute approximate surface area is 117 Å². The van der Waals surface area contributed by atoms with Gasteiger partial charge in [-0.05, 0) is 43.9 Å². The van der Waals surface area contributed by atoms with Gasteiger partial charge in [0.2, 0.25) is 0 Å². The molecule has 2 rings (SSSR count). The smallest absolute Gasteiger partial charge is 0.105 e. The van der Waals surface area contributed by atoms with E-state index < -0.39 is 12.3 Å². The van der Waals surface area contributed by atoms with Crippen LogP contribution in [0.4, 0.5) is 0 Å². The normalized spacial score (nSPS) is 34.3. The molecular formula is C16H29NO2. The van der Waals surface area contributed by atoms with Crippen molar-refractivity contribution in [3.8, 4) is 0 Å². The molecule has 0 aromatic heterocycles. The monoisotopic (exact) mass is 267 g/mol. The first-order valence-electron chi connectivity index (χ1n) is 7.93. The zero-order valence-corrected chi connectivity index (χ0v) is 12.3. The van der Waals surface area contributed by atoms with Crippen LogP contribution in [0.25, 0.3) is 0 Å². The van der Waals surface area contributed by atoms with Crippen molar-refractivity contribution in [1.82, 2.24) is 5.32 Å². The average molecular weight is 267 g/mol. The lowest BCUT2D eigenvalue weighted by atomic mass is 9.75. The molecule has 3 nitrogen and oxygen atoms in total. The topological polar surface area (TPSA) is 52.5 Å². The molecule has 110 valence electrons. The van der Waals surface area contributed by atoms with Crippen molar-refractivity contribution in [1.29, 1.82) is 0 Å². The van der Waals surface area contributed by atoms with Gasteiger partial charge in [0.25, 0.3) is 0 Å². The minimum Gasteiger partial charge on any atom is -0.387 e. The van der Waals surface area contributed by atoms with Crippen molar-refractivity contribution in [2.24, 2.45) is 11.8 Å². The number of allylic oxidation sites excluding steroid dienone is 1. The predicted octanol–water partition coefficient (Wildman–Crippen LogP) is 2.58. The zero-order chi connectivity index (χ0) is 13.8. The van der Waals surface area contributed by atoms with Gasteiger partial charge in [-0.1, -0.05) is 38.3 Å². The lowest BCUT2D eigenvalue weighted by Crippen LogP contribution is -2.48. The van der Waals surface area contributed by atoms with Gasteiger partial charge >= 0.3 is 0 Å². The number of aliphatic hydroxyl groups excluding tert-OH is 2. The van der Waals surface area contributed by atoms with Crippen LogP contribution in [0.5, 0.6) is 0 Å². The molecule has 0 aliphatic heterocycles. The fourth-order valence-electron chi connectivity index (χ4n) is 3.41. The van der Waals surface area contributed by atoms with Gasteiger partial charge in [0.15, 0.2) is 0 Å². The quantitative estimate of drug-likeness (QED) is 0.530. The van der Waals surface area contributed by atoms with E-state index in [-0.39, 0.29) is 6.04 Å². The molecule has 0 heterocycles. The maximum atomic E-state index is 10.2. The number of hydrogen-bond acceptors (Lipinski definition) is 3. The molecule has 0 amide bonds. The van der Waals surface area contributed by atoms with E-state index in [0.717, 1.165) is 25.7 Å².